The highest BCUT2D eigenvalue weighted by molar-refractivity contribution is 5.80. The Kier molecular flexibility index (Phi) is 7.74. The molecule has 0 spiro atoms. The van der Waals surface area contributed by atoms with Crippen LogP contribution in [0.2, 0.25) is 0 Å². The lowest BCUT2D eigenvalue weighted by molar-refractivity contribution is -0.127. The maximum absolute atomic E-state index is 12.0. The minimum absolute atomic E-state index is 0.0610. The van der Waals surface area contributed by atoms with Crippen LogP contribution in [0.1, 0.15) is 53.4 Å². The Labute approximate surface area is 162 Å². The smallest absolute Gasteiger partial charge is 0.407 e. The van der Waals surface area contributed by atoms with Crippen LogP contribution in [-0.2, 0) is 9.53 Å². The molecule has 154 valence electrons. The summed E-state index contributed by atoms with van der Waals surface area (Å²) in [6, 6.07) is 0.0610. The van der Waals surface area contributed by atoms with Crippen LogP contribution in [0.15, 0.2) is 4.99 Å². The summed E-state index contributed by atoms with van der Waals surface area (Å²) in [4.78, 5) is 32.4. The standard InChI is InChI=1S/C19H35N5O3/c1-5-20-17(21-10-7-12-23-11-6-8-16(23)25)24-13-9-15(14-24)22-18(26)27-19(2,3)4/h15H,5-14H2,1-4H3,(H,20,21)(H,22,26). The number of hydrogen-bond donors (Lipinski definition) is 2. The molecule has 2 amide bonds. The van der Waals surface area contributed by atoms with Gasteiger partial charge in [-0.05, 0) is 47.0 Å². The summed E-state index contributed by atoms with van der Waals surface area (Å²) in [6.07, 6.45) is 3.03. The lowest BCUT2D eigenvalue weighted by Gasteiger charge is -2.23. The van der Waals surface area contributed by atoms with Crippen molar-refractivity contribution in [1.82, 2.24) is 20.4 Å². The molecule has 2 N–H and O–H groups in total. The average Bonchev–Trinajstić information content (AvgIpc) is 3.18. The number of nitrogens with one attached hydrogen (secondary N) is 2. The van der Waals surface area contributed by atoms with Crippen molar-refractivity contribution in [2.45, 2.75) is 65.0 Å². The molecule has 0 bridgehead atoms. The van der Waals surface area contributed by atoms with Crippen LogP contribution in [-0.4, -0.2) is 78.7 Å². The summed E-state index contributed by atoms with van der Waals surface area (Å²) >= 11 is 0. The third-order valence-electron chi connectivity index (χ3n) is 4.56. The van der Waals surface area contributed by atoms with Crippen molar-refractivity contribution >= 4 is 18.0 Å². The molecule has 0 saturated carbocycles. The molecule has 2 aliphatic rings. The second-order valence-corrected chi connectivity index (χ2v) is 8.15. The van der Waals surface area contributed by atoms with E-state index in [4.69, 9.17) is 9.73 Å². The largest absolute Gasteiger partial charge is 0.444 e. The summed E-state index contributed by atoms with van der Waals surface area (Å²) in [5.74, 6) is 1.14. The van der Waals surface area contributed by atoms with E-state index in [0.29, 0.717) is 13.0 Å². The average molecular weight is 382 g/mol. The molecule has 2 rings (SSSR count). The number of nitrogens with zero attached hydrogens (tertiary/aromatic N) is 3. The van der Waals surface area contributed by atoms with Crippen molar-refractivity contribution in [3.8, 4) is 0 Å². The fraction of sp³-hybridized carbons (Fsp3) is 0.842. The zero-order valence-corrected chi connectivity index (χ0v) is 17.2. The van der Waals surface area contributed by atoms with Gasteiger partial charge >= 0.3 is 6.09 Å². The van der Waals surface area contributed by atoms with Crippen molar-refractivity contribution in [2.24, 2.45) is 4.99 Å². The molecule has 8 heteroatoms. The van der Waals surface area contributed by atoms with Gasteiger partial charge in [0.25, 0.3) is 0 Å². The van der Waals surface area contributed by atoms with E-state index in [1.54, 1.807) is 0 Å². The van der Waals surface area contributed by atoms with Crippen LogP contribution in [0.3, 0.4) is 0 Å². The summed E-state index contributed by atoms with van der Waals surface area (Å²) in [5.41, 5.74) is -0.491. The highest BCUT2D eigenvalue weighted by Crippen LogP contribution is 2.13. The first kappa shape index (κ1) is 21.3. The summed E-state index contributed by atoms with van der Waals surface area (Å²) < 4.78 is 5.33. The minimum atomic E-state index is -0.491. The summed E-state index contributed by atoms with van der Waals surface area (Å²) in [6.45, 7) is 12.3. The van der Waals surface area contributed by atoms with Crippen LogP contribution in [0, 0.1) is 0 Å². The van der Waals surface area contributed by atoms with Gasteiger partial charge in [-0.15, -0.1) is 0 Å². The number of alkyl carbamates (subject to hydrolysis) is 1. The maximum atomic E-state index is 12.0. The van der Waals surface area contributed by atoms with Crippen molar-refractivity contribution in [3.05, 3.63) is 0 Å². The second-order valence-electron chi connectivity index (χ2n) is 8.15. The molecule has 0 aromatic rings. The first-order chi connectivity index (χ1) is 12.8. The molecule has 1 unspecified atom stereocenters. The quantitative estimate of drug-likeness (QED) is 0.414. The minimum Gasteiger partial charge on any atom is -0.444 e. The predicted octanol–water partition coefficient (Wildman–Crippen LogP) is 1.56. The normalized spacial score (nSPS) is 21.0. The lowest BCUT2D eigenvalue weighted by Crippen LogP contribution is -2.44. The zero-order valence-electron chi connectivity index (χ0n) is 17.2. The molecule has 0 radical (unpaired) electrons. The Hall–Kier alpha value is -1.99. The van der Waals surface area contributed by atoms with Gasteiger partial charge in [0, 0.05) is 45.7 Å². The van der Waals surface area contributed by atoms with Crippen LogP contribution < -0.4 is 10.6 Å². The van der Waals surface area contributed by atoms with Crippen molar-refractivity contribution in [2.75, 3.05) is 39.3 Å². The van der Waals surface area contributed by atoms with E-state index in [1.807, 2.05) is 32.6 Å². The zero-order chi connectivity index (χ0) is 19.9. The van der Waals surface area contributed by atoms with Gasteiger partial charge in [-0.1, -0.05) is 0 Å². The molecule has 2 heterocycles. The summed E-state index contributed by atoms with van der Waals surface area (Å²) in [5, 5.41) is 6.27. The van der Waals surface area contributed by atoms with Gasteiger partial charge in [0.15, 0.2) is 5.96 Å². The third kappa shape index (κ3) is 7.27. The molecule has 2 fully saturated rings. The van der Waals surface area contributed by atoms with E-state index in [-0.39, 0.29) is 18.0 Å². The fourth-order valence-corrected chi connectivity index (χ4v) is 3.36. The van der Waals surface area contributed by atoms with Crippen molar-refractivity contribution in [1.29, 1.82) is 0 Å². The Morgan fingerprint density at radius 1 is 1.33 bits per heavy atom. The lowest BCUT2D eigenvalue weighted by atomic mass is 10.2. The third-order valence-corrected chi connectivity index (χ3v) is 4.56. The van der Waals surface area contributed by atoms with Gasteiger partial charge in [-0.2, -0.15) is 0 Å². The number of ether oxygens (including phenoxy) is 1. The molecular weight excluding hydrogens is 346 g/mol. The number of aliphatic imine (C=N–C) groups is 1. The topological polar surface area (TPSA) is 86.3 Å². The van der Waals surface area contributed by atoms with Gasteiger partial charge in [0.2, 0.25) is 5.91 Å². The Morgan fingerprint density at radius 2 is 2.11 bits per heavy atom. The molecule has 0 aromatic heterocycles. The molecule has 0 aromatic carbocycles. The molecule has 8 nitrogen and oxygen atoms in total. The molecular formula is C19H35N5O3. The number of amides is 2. The van der Waals surface area contributed by atoms with Gasteiger partial charge in [-0.3, -0.25) is 9.79 Å². The highest BCUT2D eigenvalue weighted by atomic mass is 16.6. The predicted molar refractivity (Wildman–Crippen MR) is 106 cm³/mol. The molecule has 2 saturated heterocycles. The van der Waals surface area contributed by atoms with E-state index in [0.717, 1.165) is 57.9 Å². The first-order valence-electron chi connectivity index (χ1n) is 10.1. The van der Waals surface area contributed by atoms with E-state index in [9.17, 15) is 9.59 Å². The van der Waals surface area contributed by atoms with E-state index in [2.05, 4.69) is 15.5 Å². The Balaban J connectivity index is 1.78. The molecule has 1 atom stereocenters. The van der Waals surface area contributed by atoms with Gasteiger partial charge in [0.1, 0.15) is 5.60 Å². The van der Waals surface area contributed by atoms with Crippen molar-refractivity contribution < 1.29 is 14.3 Å². The molecule has 2 aliphatic heterocycles. The number of carbonyl (C=O) groups excluding carboxylic acids is 2. The van der Waals surface area contributed by atoms with Crippen molar-refractivity contribution in [3.63, 3.8) is 0 Å². The van der Waals surface area contributed by atoms with E-state index >= 15 is 0 Å². The van der Waals surface area contributed by atoms with Gasteiger partial charge < -0.3 is 25.2 Å². The first-order valence-corrected chi connectivity index (χ1v) is 10.1. The second kappa shape index (κ2) is 9.80. The van der Waals surface area contributed by atoms with E-state index in [1.165, 1.54) is 0 Å². The van der Waals surface area contributed by atoms with Crippen LogP contribution >= 0.6 is 0 Å². The maximum Gasteiger partial charge on any atom is 0.407 e. The van der Waals surface area contributed by atoms with Crippen LogP contribution in [0.5, 0.6) is 0 Å². The Bertz CT molecular complexity index is 544. The number of rotatable bonds is 6. The molecule has 27 heavy (non-hydrogen) atoms. The van der Waals surface area contributed by atoms with E-state index < -0.39 is 5.60 Å². The highest BCUT2D eigenvalue weighted by Gasteiger charge is 2.28. The SMILES string of the molecule is CCNC(=NCCCN1CCCC1=O)N1CCC(NC(=O)OC(C)(C)C)C1. The Morgan fingerprint density at radius 3 is 2.74 bits per heavy atom. The summed E-state index contributed by atoms with van der Waals surface area (Å²) in [7, 11) is 0. The van der Waals surface area contributed by atoms with Gasteiger partial charge in [0.05, 0.1) is 6.04 Å². The fourth-order valence-electron chi connectivity index (χ4n) is 3.36. The number of guanidine groups is 1. The number of likely N-dealkylation sites (tertiary alicyclic amines) is 2. The van der Waals surface area contributed by atoms with Crippen LogP contribution in [0.4, 0.5) is 4.79 Å². The van der Waals surface area contributed by atoms with Crippen LogP contribution in [0.25, 0.3) is 0 Å². The number of carbonyl (C=O) groups is 2. The number of hydrogen-bond acceptors (Lipinski definition) is 4. The van der Waals surface area contributed by atoms with Gasteiger partial charge in [-0.25, -0.2) is 4.79 Å². The molecule has 0 aliphatic carbocycles. The monoisotopic (exact) mass is 381 g/mol.